The summed E-state index contributed by atoms with van der Waals surface area (Å²) in [5, 5.41) is 3.28. The first kappa shape index (κ1) is 9.04. The van der Waals surface area contributed by atoms with Crippen LogP contribution >= 0.6 is 11.6 Å². The summed E-state index contributed by atoms with van der Waals surface area (Å²) in [5.41, 5.74) is 1.50. The molecule has 64 valence electrons. The molecule has 1 rings (SSSR count). The number of ether oxygens (including phenoxy) is 1. The van der Waals surface area contributed by atoms with E-state index in [0.717, 1.165) is 13.1 Å². The van der Waals surface area contributed by atoms with Gasteiger partial charge in [-0.15, -0.1) is 0 Å². The lowest BCUT2D eigenvalue weighted by Gasteiger charge is -2.22. The Labute approximate surface area is 72.6 Å². The minimum atomic E-state index is 0.386. The monoisotopic (exact) mass is 175 g/mol. The lowest BCUT2D eigenvalue weighted by Crippen LogP contribution is -2.35. The third kappa shape index (κ3) is 3.75. The average Bonchev–Trinajstić information content (AvgIpc) is 2.07. The molecular weight excluding hydrogens is 162 g/mol. The van der Waals surface area contributed by atoms with Gasteiger partial charge in [0.1, 0.15) is 0 Å². The zero-order valence-corrected chi connectivity index (χ0v) is 7.31. The van der Waals surface area contributed by atoms with E-state index in [4.69, 9.17) is 16.3 Å². The molecule has 2 nitrogen and oxygen atoms in total. The first-order valence-corrected chi connectivity index (χ1v) is 4.44. The molecule has 1 fully saturated rings. The van der Waals surface area contributed by atoms with E-state index in [-0.39, 0.29) is 0 Å². The van der Waals surface area contributed by atoms with Gasteiger partial charge in [0.25, 0.3) is 0 Å². The fourth-order valence-electron chi connectivity index (χ4n) is 1.19. The van der Waals surface area contributed by atoms with Crippen LogP contribution in [0.4, 0.5) is 0 Å². The third-order valence-electron chi connectivity index (χ3n) is 1.77. The predicted molar refractivity (Wildman–Crippen MR) is 46.8 cm³/mol. The van der Waals surface area contributed by atoms with Crippen molar-refractivity contribution in [1.29, 1.82) is 0 Å². The van der Waals surface area contributed by atoms with Gasteiger partial charge in [0.15, 0.2) is 0 Å². The van der Waals surface area contributed by atoms with Gasteiger partial charge in [-0.1, -0.05) is 11.6 Å². The van der Waals surface area contributed by atoms with Gasteiger partial charge in [0, 0.05) is 12.1 Å². The number of nitrogens with one attached hydrogen (secondary N) is 1. The van der Waals surface area contributed by atoms with Gasteiger partial charge < -0.3 is 10.1 Å². The molecule has 1 saturated heterocycles. The maximum atomic E-state index is 5.49. The average molecular weight is 176 g/mol. The summed E-state index contributed by atoms with van der Waals surface area (Å²) in [6.45, 7) is 2.75. The van der Waals surface area contributed by atoms with Crippen molar-refractivity contribution in [2.24, 2.45) is 0 Å². The highest BCUT2D eigenvalue weighted by Gasteiger charge is 2.11. The minimum absolute atomic E-state index is 0.386. The van der Waals surface area contributed by atoms with Gasteiger partial charge in [-0.25, -0.2) is 0 Å². The Bertz CT molecular complexity index is 121. The molecule has 0 amide bonds. The Kier molecular flexibility index (Phi) is 4.59. The second-order valence-corrected chi connectivity index (χ2v) is 2.92. The molecule has 0 bridgehead atoms. The highest BCUT2D eigenvalue weighted by atomic mass is 35.5. The van der Waals surface area contributed by atoms with Gasteiger partial charge in [-0.3, -0.25) is 0 Å². The van der Waals surface area contributed by atoms with Crippen LogP contribution in [0.25, 0.3) is 0 Å². The third-order valence-corrected chi connectivity index (χ3v) is 1.95. The molecule has 1 aliphatic heterocycles. The van der Waals surface area contributed by atoms with Crippen LogP contribution in [0, 0.1) is 0 Å². The number of hydrogen-bond acceptors (Lipinski definition) is 2. The van der Waals surface area contributed by atoms with Gasteiger partial charge in [0.2, 0.25) is 0 Å². The molecule has 0 spiro atoms. The van der Waals surface area contributed by atoms with Crippen molar-refractivity contribution in [2.45, 2.75) is 18.9 Å². The molecule has 1 aliphatic rings. The Balaban J connectivity index is 2.04. The molecule has 1 N–H and O–H groups in total. The molecule has 11 heavy (non-hydrogen) atoms. The number of halogens is 1. The first-order chi connectivity index (χ1) is 5.43. The Morgan fingerprint density at radius 3 is 3.18 bits per heavy atom. The summed E-state index contributed by atoms with van der Waals surface area (Å²) in [5.74, 6) is 0. The zero-order valence-electron chi connectivity index (χ0n) is 6.55. The van der Waals surface area contributed by atoms with Gasteiger partial charge in [0.05, 0.1) is 12.7 Å². The van der Waals surface area contributed by atoms with E-state index in [2.05, 4.69) is 5.32 Å². The van der Waals surface area contributed by atoms with Crippen LogP contribution in [0.5, 0.6) is 0 Å². The highest BCUT2D eigenvalue weighted by Crippen LogP contribution is 2.05. The van der Waals surface area contributed by atoms with Gasteiger partial charge in [-0.05, 0) is 25.5 Å². The highest BCUT2D eigenvalue weighted by molar-refractivity contribution is 6.25. The number of rotatable bonds is 3. The predicted octanol–water partition coefficient (Wildman–Crippen LogP) is 1.51. The van der Waals surface area contributed by atoms with Crippen molar-refractivity contribution in [2.75, 3.05) is 19.7 Å². The van der Waals surface area contributed by atoms with E-state index in [9.17, 15) is 0 Å². The van der Waals surface area contributed by atoms with Crippen LogP contribution in [-0.4, -0.2) is 25.8 Å². The summed E-state index contributed by atoms with van der Waals surface area (Å²) < 4.78 is 5.49. The van der Waals surface area contributed by atoms with Crippen molar-refractivity contribution in [1.82, 2.24) is 5.32 Å². The maximum Gasteiger partial charge on any atom is 0.0704 e. The summed E-state index contributed by atoms with van der Waals surface area (Å²) in [4.78, 5) is 0. The van der Waals surface area contributed by atoms with Crippen molar-refractivity contribution >= 4 is 11.6 Å². The second-order valence-electron chi connectivity index (χ2n) is 2.66. The molecule has 0 aromatic heterocycles. The topological polar surface area (TPSA) is 21.3 Å². The van der Waals surface area contributed by atoms with Crippen LogP contribution in [0.15, 0.2) is 11.6 Å². The molecule has 3 heteroatoms. The second kappa shape index (κ2) is 5.58. The zero-order chi connectivity index (χ0) is 7.94. The Morgan fingerprint density at radius 1 is 1.64 bits per heavy atom. The van der Waals surface area contributed by atoms with E-state index >= 15 is 0 Å². The van der Waals surface area contributed by atoms with Crippen LogP contribution in [-0.2, 0) is 4.74 Å². The molecule has 1 heterocycles. The molecule has 0 unspecified atom stereocenters. The van der Waals surface area contributed by atoms with Crippen LogP contribution < -0.4 is 5.32 Å². The smallest absolute Gasteiger partial charge is 0.0704 e. The van der Waals surface area contributed by atoms with E-state index in [1.165, 1.54) is 18.4 Å². The summed E-state index contributed by atoms with van der Waals surface area (Å²) in [6.07, 6.45) is 4.59. The van der Waals surface area contributed by atoms with Crippen molar-refractivity contribution < 1.29 is 4.74 Å². The lowest BCUT2D eigenvalue weighted by atomic mass is 10.1. The molecule has 0 saturated carbocycles. The van der Waals surface area contributed by atoms with Crippen LogP contribution in [0.2, 0.25) is 0 Å². The summed E-state index contributed by atoms with van der Waals surface area (Å²) in [6, 6.07) is 0. The van der Waals surface area contributed by atoms with E-state index in [1.807, 2.05) is 6.08 Å². The quantitative estimate of drug-likeness (QED) is 0.702. The van der Waals surface area contributed by atoms with Gasteiger partial charge >= 0.3 is 0 Å². The molecule has 0 aromatic carbocycles. The van der Waals surface area contributed by atoms with E-state index < -0.39 is 0 Å². The van der Waals surface area contributed by atoms with E-state index in [1.54, 1.807) is 0 Å². The molecule has 0 radical (unpaired) electrons. The lowest BCUT2D eigenvalue weighted by molar-refractivity contribution is 0.0559. The summed E-state index contributed by atoms with van der Waals surface area (Å²) >= 11 is 5.34. The maximum absolute atomic E-state index is 5.49. The Morgan fingerprint density at radius 2 is 2.55 bits per heavy atom. The molecule has 1 atom stereocenters. The Hall–Kier alpha value is -0.0500. The largest absolute Gasteiger partial charge is 0.373 e. The van der Waals surface area contributed by atoms with Crippen molar-refractivity contribution in [3.63, 3.8) is 0 Å². The standard InChI is InChI=1S/C8H14ClNO/c9-4-2-6-11-8-3-1-5-10-7-8/h2,4,8,10H,1,3,5-7H2/b4-2+/t8-/m0/s1. The van der Waals surface area contributed by atoms with Crippen molar-refractivity contribution in [3.05, 3.63) is 11.6 Å². The molecule has 0 aromatic rings. The fraction of sp³-hybridized carbons (Fsp3) is 0.750. The minimum Gasteiger partial charge on any atom is -0.373 e. The fourth-order valence-corrected chi connectivity index (χ4v) is 1.26. The van der Waals surface area contributed by atoms with Crippen LogP contribution in [0.1, 0.15) is 12.8 Å². The normalized spacial score (nSPS) is 26.1. The number of piperidine rings is 1. The summed E-state index contributed by atoms with van der Waals surface area (Å²) in [7, 11) is 0. The van der Waals surface area contributed by atoms with Crippen LogP contribution in [0.3, 0.4) is 0 Å². The number of hydrogen-bond donors (Lipinski definition) is 1. The molecular formula is C8H14ClNO. The molecule has 0 aliphatic carbocycles. The SMILES string of the molecule is Cl/C=C/CO[C@H]1CCCNC1. The first-order valence-electron chi connectivity index (χ1n) is 4.01. The van der Waals surface area contributed by atoms with Gasteiger partial charge in [-0.2, -0.15) is 0 Å². The van der Waals surface area contributed by atoms with Crippen molar-refractivity contribution in [3.8, 4) is 0 Å². The van der Waals surface area contributed by atoms with E-state index in [0.29, 0.717) is 12.7 Å².